The maximum absolute atomic E-state index is 11.3. The van der Waals surface area contributed by atoms with Crippen LogP contribution >= 0.6 is 11.3 Å². The van der Waals surface area contributed by atoms with E-state index in [1.54, 1.807) is 24.5 Å². The number of aromatic nitrogens is 5. The van der Waals surface area contributed by atoms with E-state index in [9.17, 15) is 4.79 Å². The molecule has 4 aromatic heterocycles. The van der Waals surface area contributed by atoms with Gasteiger partial charge in [-0.05, 0) is 49.9 Å². The zero-order chi connectivity index (χ0) is 25.4. The molecule has 188 valence electrons. The molecule has 2 aliphatic rings. The fourth-order valence-electron chi connectivity index (χ4n) is 4.95. The highest BCUT2D eigenvalue weighted by Crippen LogP contribution is 2.41. The van der Waals surface area contributed by atoms with Crippen LogP contribution in [0.1, 0.15) is 49.1 Å². The van der Waals surface area contributed by atoms with E-state index < -0.39 is 0 Å². The summed E-state index contributed by atoms with van der Waals surface area (Å²) in [5, 5.41) is 22.1. The van der Waals surface area contributed by atoms with Crippen LogP contribution in [0.25, 0.3) is 27.5 Å². The summed E-state index contributed by atoms with van der Waals surface area (Å²) in [6, 6.07) is 8.54. The molecule has 0 aromatic carbocycles. The third kappa shape index (κ3) is 4.80. The molecule has 1 aliphatic carbocycles. The van der Waals surface area contributed by atoms with Gasteiger partial charge in [0.2, 0.25) is 5.91 Å². The van der Waals surface area contributed by atoms with Crippen LogP contribution in [0.15, 0.2) is 36.7 Å². The summed E-state index contributed by atoms with van der Waals surface area (Å²) < 4.78 is 7.41. The second-order valence-electron chi connectivity index (χ2n) is 9.60. The lowest BCUT2D eigenvalue weighted by Gasteiger charge is -2.33. The summed E-state index contributed by atoms with van der Waals surface area (Å²) in [7, 11) is 0. The van der Waals surface area contributed by atoms with Crippen LogP contribution in [0.3, 0.4) is 0 Å². The highest BCUT2D eigenvalue weighted by atomic mass is 32.1. The van der Waals surface area contributed by atoms with Gasteiger partial charge in [0.1, 0.15) is 5.01 Å². The molecule has 4 aromatic rings. The number of terminal acetylenes is 1. The fourth-order valence-corrected chi connectivity index (χ4v) is 5.95. The Kier molecular flexibility index (Phi) is 6.32. The third-order valence-corrected chi connectivity index (χ3v) is 8.10. The van der Waals surface area contributed by atoms with E-state index in [0.717, 1.165) is 82.6 Å². The van der Waals surface area contributed by atoms with Gasteiger partial charge in [0.05, 0.1) is 28.7 Å². The van der Waals surface area contributed by atoms with Crippen LogP contribution in [0.4, 0.5) is 5.69 Å². The average molecular weight is 514 g/mol. The van der Waals surface area contributed by atoms with Gasteiger partial charge >= 0.3 is 0 Å². The van der Waals surface area contributed by atoms with Crippen molar-refractivity contribution in [3.8, 4) is 34.3 Å². The Morgan fingerprint density at radius 3 is 2.78 bits per heavy atom. The average Bonchev–Trinajstić information content (AvgIpc) is 3.53. The van der Waals surface area contributed by atoms with Crippen molar-refractivity contribution in [2.45, 2.75) is 50.6 Å². The first-order chi connectivity index (χ1) is 18.1. The fraction of sp³-hybridized carbons (Fsp3) is 0.370. The number of pyridine rings is 1. The van der Waals surface area contributed by atoms with Crippen LogP contribution < -0.4 is 10.6 Å². The zero-order valence-electron chi connectivity index (χ0n) is 20.5. The van der Waals surface area contributed by atoms with E-state index in [-0.39, 0.29) is 11.9 Å². The molecule has 1 saturated heterocycles. The van der Waals surface area contributed by atoms with Gasteiger partial charge in [-0.1, -0.05) is 17.3 Å². The van der Waals surface area contributed by atoms with Crippen molar-refractivity contribution in [3.05, 3.63) is 47.2 Å². The van der Waals surface area contributed by atoms with Crippen LogP contribution in [-0.2, 0) is 9.53 Å². The van der Waals surface area contributed by atoms with E-state index in [0.29, 0.717) is 12.0 Å². The van der Waals surface area contributed by atoms with Gasteiger partial charge in [-0.25, -0.2) is 4.52 Å². The Morgan fingerprint density at radius 1 is 1.16 bits per heavy atom. The van der Waals surface area contributed by atoms with Gasteiger partial charge in [-0.2, -0.15) is 5.10 Å². The molecular weight excluding hydrogens is 486 g/mol. The molecule has 0 atom stereocenters. The second-order valence-corrected chi connectivity index (χ2v) is 10.6. The number of ether oxygens (including phenoxy) is 1. The lowest BCUT2D eigenvalue weighted by Crippen LogP contribution is -2.42. The smallest absolute Gasteiger partial charge is 0.217 e. The van der Waals surface area contributed by atoms with E-state index in [2.05, 4.69) is 37.9 Å². The van der Waals surface area contributed by atoms with Gasteiger partial charge in [-0.15, -0.1) is 16.6 Å². The minimum atomic E-state index is 0.0128. The zero-order valence-corrected chi connectivity index (χ0v) is 21.3. The molecule has 5 heterocycles. The molecular formula is C27H27N7O2S. The molecule has 0 unspecified atom stereocenters. The predicted octanol–water partition coefficient (Wildman–Crippen LogP) is 3.87. The van der Waals surface area contributed by atoms with Gasteiger partial charge in [-0.3, -0.25) is 9.78 Å². The standard InChI is InChI=1S/C27H27N7O2S/c1-3-17-10-21-4-5-25(34(21)29-14-17)24-13-23(31-19-6-8-36-9-7-19)22(15-28-24)27-33-32-26(37-27)18-11-20(12-18)30-16(2)35/h1,4-5,10,13-15,18-20H,6-9,11-12H2,2H3,(H,28,31)(H,30,35). The van der Waals surface area contributed by atoms with Crippen molar-refractivity contribution in [1.82, 2.24) is 30.1 Å². The molecule has 1 saturated carbocycles. The number of anilines is 1. The summed E-state index contributed by atoms with van der Waals surface area (Å²) in [4.78, 5) is 16.1. The minimum absolute atomic E-state index is 0.0128. The molecule has 0 radical (unpaired) electrons. The van der Waals surface area contributed by atoms with Crippen molar-refractivity contribution < 1.29 is 9.53 Å². The third-order valence-electron chi connectivity index (χ3n) is 6.98. The molecule has 2 N–H and O–H groups in total. The van der Waals surface area contributed by atoms with Crippen LogP contribution in [0.2, 0.25) is 0 Å². The van der Waals surface area contributed by atoms with Crippen LogP contribution in [0, 0.1) is 12.3 Å². The number of hydrogen-bond donors (Lipinski definition) is 2. The van der Waals surface area contributed by atoms with Gasteiger partial charge in [0.15, 0.2) is 5.01 Å². The maximum Gasteiger partial charge on any atom is 0.217 e. The van der Waals surface area contributed by atoms with Crippen molar-refractivity contribution in [2.24, 2.45) is 0 Å². The number of fused-ring (bicyclic) bond motifs is 1. The molecule has 10 heteroatoms. The number of amides is 1. The number of rotatable bonds is 6. The van der Waals surface area contributed by atoms with Crippen molar-refractivity contribution >= 4 is 28.4 Å². The largest absolute Gasteiger partial charge is 0.381 e. The van der Waals surface area contributed by atoms with Crippen LogP contribution in [0.5, 0.6) is 0 Å². The first kappa shape index (κ1) is 23.6. The number of nitrogens with one attached hydrogen (secondary N) is 2. The Balaban J connectivity index is 1.32. The van der Waals surface area contributed by atoms with E-state index in [1.807, 2.05) is 28.9 Å². The lowest BCUT2D eigenvalue weighted by atomic mass is 9.81. The summed E-state index contributed by atoms with van der Waals surface area (Å²) in [5.41, 5.74) is 5.25. The monoisotopic (exact) mass is 513 g/mol. The second kappa shape index (κ2) is 9.92. The first-order valence-electron chi connectivity index (χ1n) is 12.5. The predicted molar refractivity (Wildman–Crippen MR) is 142 cm³/mol. The molecule has 0 bridgehead atoms. The topological polar surface area (TPSA) is 106 Å². The van der Waals surface area contributed by atoms with Crippen molar-refractivity contribution in [2.75, 3.05) is 18.5 Å². The normalized spacial score (nSPS) is 19.8. The van der Waals surface area contributed by atoms with Gasteiger partial charge in [0, 0.05) is 55.6 Å². The summed E-state index contributed by atoms with van der Waals surface area (Å²) in [5.74, 6) is 2.98. The molecule has 0 spiro atoms. The van der Waals surface area contributed by atoms with Gasteiger partial charge < -0.3 is 15.4 Å². The van der Waals surface area contributed by atoms with Crippen molar-refractivity contribution in [1.29, 1.82) is 0 Å². The first-order valence-corrected chi connectivity index (χ1v) is 13.3. The molecule has 2 fully saturated rings. The van der Waals surface area contributed by atoms with E-state index in [1.165, 1.54) is 0 Å². The Morgan fingerprint density at radius 2 is 2.00 bits per heavy atom. The molecule has 9 nitrogen and oxygen atoms in total. The maximum atomic E-state index is 11.3. The lowest BCUT2D eigenvalue weighted by molar-refractivity contribution is -0.120. The SMILES string of the molecule is C#Cc1cnn2c(-c3cc(NC4CCOCC4)c(-c4nnc(C5CC(NC(C)=O)C5)s4)cn3)ccc2c1. The van der Waals surface area contributed by atoms with E-state index in [4.69, 9.17) is 16.1 Å². The molecule has 1 aliphatic heterocycles. The summed E-state index contributed by atoms with van der Waals surface area (Å²) >= 11 is 1.60. The molecule has 6 rings (SSSR count). The highest BCUT2D eigenvalue weighted by molar-refractivity contribution is 7.14. The van der Waals surface area contributed by atoms with E-state index >= 15 is 0 Å². The number of nitrogens with zero attached hydrogens (tertiary/aromatic N) is 5. The molecule has 37 heavy (non-hydrogen) atoms. The minimum Gasteiger partial charge on any atom is -0.381 e. The van der Waals surface area contributed by atoms with Gasteiger partial charge in [0.25, 0.3) is 0 Å². The van der Waals surface area contributed by atoms with Crippen molar-refractivity contribution in [3.63, 3.8) is 0 Å². The highest BCUT2D eigenvalue weighted by Gasteiger charge is 2.33. The Labute approximate surface area is 218 Å². The summed E-state index contributed by atoms with van der Waals surface area (Å²) in [6.45, 7) is 3.05. The summed E-state index contributed by atoms with van der Waals surface area (Å²) in [6.07, 6.45) is 12.8. The Hall–Kier alpha value is -3.81. The Bertz CT molecular complexity index is 1490. The molecule has 1 amide bonds. The van der Waals surface area contributed by atoms with Crippen LogP contribution in [-0.4, -0.2) is 56.0 Å². The number of carbonyl (C=O) groups excluding carboxylic acids is 1. The number of hydrogen-bond acceptors (Lipinski definition) is 8. The quantitative estimate of drug-likeness (QED) is 0.377. The number of carbonyl (C=O) groups is 1.